The van der Waals surface area contributed by atoms with Gasteiger partial charge in [-0.3, -0.25) is 9.88 Å². The van der Waals surface area contributed by atoms with Crippen LogP contribution in [0.25, 0.3) is 0 Å². The second-order valence-corrected chi connectivity index (χ2v) is 6.13. The van der Waals surface area contributed by atoms with Crippen molar-refractivity contribution in [3.8, 4) is 5.75 Å². The number of aromatic nitrogens is 1. The van der Waals surface area contributed by atoms with Gasteiger partial charge < -0.3 is 10.4 Å². The van der Waals surface area contributed by atoms with Crippen LogP contribution in [0.2, 0.25) is 0 Å². The molecular weight excluding hydrogens is 274 g/mol. The summed E-state index contributed by atoms with van der Waals surface area (Å²) in [6, 6.07) is 3.62. The zero-order valence-corrected chi connectivity index (χ0v) is 12.9. The molecule has 0 bridgehead atoms. The Hall–Kier alpha value is -0.840. The maximum absolute atomic E-state index is 9.90. The van der Waals surface area contributed by atoms with Crippen molar-refractivity contribution in [3.63, 3.8) is 0 Å². The normalized spacial score (nSPS) is 21.9. The Bertz CT molecular complexity index is 460. The van der Waals surface area contributed by atoms with Crippen LogP contribution in [0, 0.1) is 12.3 Å². The average Bonchev–Trinajstić information content (AvgIpc) is 2.78. The van der Waals surface area contributed by atoms with E-state index in [9.17, 15) is 5.11 Å². The summed E-state index contributed by atoms with van der Waals surface area (Å²) in [5, 5.41) is 13.3. The van der Waals surface area contributed by atoms with Crippen LogP contribution >= 0.6 is 12.4 Å². The Morgan fingerprint density at radius 3 is 2.80 bits per heavy atom. The third-order valence-electron chi connectivity index (χ3n) is 4.64. The van der Waals surface area contributed by atoms with Crippen LogP contribution in [0.4, 0.5) is 0 Å². The number of likely N-dealkylation sites (tertiary alicyclic amines) is 1. The van der Waals surface area contributed by atoms with Crippen molar-refractivity contribution in [2.75, 3.05) is 26.2 Å². The quantitative estimate of drug-likeness (QED) is 0.878. The highest BCUT2D eigenvalue weighted by Crippen LogP contribution is 2.39. The lowest BCUT2D eigenvalue weighted by Crippen LogP contribution is -2.38. The first-order chi connectivity index (χ1) is 9.17. The lowest BCUT2D eigenvalue weighted by Gasteiger charge is -2.33. The van der Waals surface area contributed by atoms with Crippen LogP contribution in [0.3, 0.4) is 0 Å². The SMILES string of the molecule is Cc1ccc(O)c(CN2CCC3(CCNCC3)C2)n1.Cl. The van der Waals surface area contributed by atoms with Crippen molar-refractivity contribution in [3.05, 3.63) is 23.5 Å². The van der Waals surface area contributed by atoms with E-state index in [0.29, 0.717) is 11.2 Å². The standard InChI is InChI=1S/C15H23N3O.ClH/c1-12-2-3-14(19)13(17-12)10-18-9-6-15(11-18)4-7-16-8-5-15;/h2-3,16,19H,4-11H2,1H3;1H. The zero-order chi connectivity index (χ0) is 13.3. The van der Waals surface area contributed by atoms with Gasteiger partial charge in [0.2, 0.25) is 0 Å². The van der Waals surface area contributed by atoms with E-state index in [-0.39, 0.29) is 12.4 Å². The molecule has 0 amide bonds. The lowest BCUT2D eigenvalue weighted by atomic mass is 9.78. The van der Waals surface area contributed by atoms with E-state index in [1.54, 1.807) is 6.07 Å². The molecule has 2 saturated heterocycles. The number of aryl methyl sites for hydroxylation is 1. The molecule has 3 heterocycles. The van der Waals surface area contributed by atoms with Gasteiger partial charge in [-0.15, -0.1) is 12.4 Å². The number of hydrogen-bond acceptors (Lipinski definition) is 4. The van der Waals surface area contributed by atoms with Gasteiger partial charge in [0, 0.05) is 18.8 Å². The largest absolute Gasteiger partial charge is 0.506 e. The van der Waals surface area contributed by atoms with Gasteiger partial charge in [0.25, 0.3) is 0 Å². The van der Waals surface area contributed by atoms with Gasteiger partial charge in [0.15, 0.2) is 0 Å². The molecule has 4 nitrogen and oxygen atoms in total. The first-order valence-electron chi connectivity index (χ1n) is 7.26. The summed E-state index contributed by atoms with van der Waals surface area (Å²) >= 11 is 0. The number of pyridine rings is 1. The van der Waals surface area contributed by atoms with Crippen molar-refractivity contribution < 1.29 is 5.11 Å². The molecule has 1 spiro atoms. The van der Waals surface area contributed by atoms with Gasteiger partial charge in [-0.2, -0.15) is 0 Å². The first kappa shape index (κ1) is 15.5. The van der Waals surface area contributed by atoms with E-state index in [4.69, 9.17) is 0 Å². The van der Waals surface area contributed by atoms with Crippen molar-refractivity contribution in [1.29, 1.82) is 0 Å². The third kappa shape index (κ3) is 3.25. The summed E-state index contributed by atoms with van der Waals surface area (Å²) in [5.74, 6) is 0.330. The predicted octanol–water partition coefficient (Wildman–Crippen LogP) is 2.09. The number of aromatic hydroxyl groups is 1. The molecule has 1 aromatic heterocycles. The van der Waals surface area contributed by atoms with Gasteiger partial charge in [-0.1, -0.05) is 0 Å². The zero-order valence-electron chi connectivity index (χ0n) is 12.1. The minimum absolute atomic E-state index is 0. The highest BCUT2D eigenvalue weighted by atomic mass is 35.5. The highest BCUT2D eigenvalue weighted by Gasteiger charge is 2.38. The molecule has 2 aliphatic heterocycles. The van der Waals surface area contributed by atoms with Gasteiger partial charge >= 0.3 is 0 Å². The molecule has 3 rings (SSSR count). The second kappa shape index (κ2) is 6.29. The molecule has 0 radical (unpaired) electrons. The van der Waals surface area contributed by atoms with E-state index in [1.807, 2.05) is 13.0 Å². The minimum Gasteiger partial charge on any atom is -0.506 e. The number of nitrogens with one attached hydrogen (secondary N) is 1. The molecular formula is C15H24ClN3O. The lowest BCUT2D eigenvalue weighted by molar-refractivity contribution is 0.192. The number of hydrogen-bond donors (Lipinski definition) is 2. The Morgan fingerprint density at radius 2 is 2.05 bits per heavy atom. The van der Waals surface area contributed by atoms with Crippen molar-refractivity contribution >= 4 is 12.4 Å². The number of halogens is 1. The summed E-state index contributed by atoms with van der Waals surface area (Å²) in [6.07, 6.45) is 3.87. The number of rotatable bonds is 2. The molecule has 2 N–H and O–H groups in total. The van der Waals surface area contributed by atoms with E-state index >= 15 is 0 Å². The van der Waals surface area contributed by atoms with Crippen LogP contribution in [0.15, 0.2) is 12.1 Å². The molecule has 0 aliphatic carbocycles. The fraction of sp³-hybridized carbons (Fsp3) is 0.667. The topological polar surface area (TPSA) is 48.4 Å². The molecule has 112 valence electrons. The number of piperidine rings is 1. The van der Waals surface area contributed by atoms with Gasteiger partial charge in [-0.05, 0) is 63.4 Å². The van der Waals surface area contributed by atoms with E-state index in [0.717, 1.165) is 44.1 Å². The fourth-order valence-electron chi connectivity index (χ4n) is 3.46. The summed E-state index contributed by atoms with van der Waals surface area (Å²) < 4.78 is 0. The van der Waals surface area contributed by atoms with E-state index in [2.05, 4.69) is 15.2 Å². The Balaban J connectivity index is 0.00000147. The van der Waals surface area contributed by atoms with Crippen molar-refractivity contribution in [2.45, 2.75) is 32.7 Å². The highest BCUT2D eigenvalue weighted by molar-refractivity contribution is 5.85. The minimum atomic E-state index is 0. The predicted molar refractivity (Wildman–Crippen MR) is 82.3 cm³/mol. The van der Waals surface area contributed by atoms with Crippen LogP contribution in [-0.2, 0) is 6.54 Å². The average molecular weight is 298 g/mol. The maximum Gasteiger partial charge on any atom is 0.138 e. The monoisotopic (exact) mass is 297 g/mol. The molecule has 2 fully saturated rings. The third-order valence-corrected chi connectivity index (χ3v) is 4.64. The van der Waals surface area contributed by atoms with Crippen LogP contribution in [0.5, 0.6) is 5.75 Å². The number of nitrogens with zero attached hydrogens (tertiary/aromatic N) is 2. The van der Waals surface area contributed by atoms with E-state index in [1.165, 1.54) is 19.3 Å². The Labute approximate surface area is 127 Å². The molecule has 1 aromatic rings. The maximum atomic E-state index is 9.90. The summed E-state index contributed by atoms with van der Waals surface area (Å²) in [5.41, 5.74) is 2.32. The molecule has 2 aliphatic rings. The summed E-state index contributed by atoms with van der Waals surface area (Å²) in [6.45, 7) is 7.35. The Morgan fingerprint density at radius 1 is 1.30 bits per heavy atom. The molecule has 5 heteroatoms. The van der Waals surface area contributed by atoms with Crippen LogP contribution < -0.4 is 5.32 Å². The van der Waals surface area contributed by atoms with Crippen LogP contribution in [0.1, 0.15) is 30.7 Å². The molecule has 0 unspecified atom stereocenters. The van der Waals surface area contributed by atoms with Gasteiger partial charge in [-0.25, -0.2) is 0 Å². The van der Waals surface area contributed by atoms with E-state index < -0.39 is 0 Å². The summed E-state index contributed by atoms with van der Waals surface area (Å²) in [7, 11) is 0. The summed E-state index contributed by atoms with van der Waals surface area (Å²) in [4.78, 5) is 6.92. The second-order valence-electron chi connectivity index (χ2n) is 6.13. The fourth-order valence-corrected chi connectivity index (χ4v) is 3.46. The molecule has 0 aromatic carbocycles. The smallest absolute Gasteiger partial charge is 0.138 e. The Kier molecular flexibility index (Phi) is 4.89. The van der Waals surface area contributed by atoms with Crippen molar-refractivity contribution in [2.24, 2.45) is 5.41 Å². The molecule has 0 atom stereocenters. The van der Waals surface area contributed by atoms with Gasteiger partial charge in [0.05, 0.1) is 5.69 Å². The van der Waals surface area contributed by atoms with Crippen LogP contribution in [-0.4, -0.2) is 41.2 Å². The molecule has 20 heavy (non-hydrogen) atoms. The van der Waals surface area contributed by atoms with Gasteiger partial charge in [0.1, 0.15) is 5.75 Å². The first-order valence-corrected chi connectivity index (χ1v) is 7.26. The van der Waals surface area contributed by atoms with Crippen molar-refractivity contribution in [1.82, 2.24) is 15.2 Å². The molecule has 0 saturated carbocycles.